The van der Waals surface area contributed by atoms with Crippen molar-refractivity contribution in [3.8, 4) is 0 Å². The van der Waals surface area contributed by atoms with Crippen molar-refractivity contribution in [1.82, 2.24) is 0 Å². The lowest BCUT2D eigenvalue weighted by Gasteiger charge is -2.40. The molecule has 0 aromatic heterocycles. The van der Waals surface area contributed by atoms with Crippen LogP contribution in [0.25, 0.3) is 0 Å². The first-order chi connectivity index (χ1) is 8.44. The Morgan fingerprint density at radius 1 is 0.471 bits per heavy atom. The number of likely N-dealkylation sites (tertiary alicyclic amines) is 1. The summed E-state index contributed by atoms with van der Waals surface area (Å²) in [4.78, 5) is 0. The summed E-state index contributed by atoms with van der Waals surface area (Å²) in [6, 6.07) is 4.51. The molecule has 1 nitrogen and oxygen atoms in total. The van der Waals surface area contributed by atoms with Gasteiger partial charge in [0.25, 0.3) is 0 Å². The maximum absolute atomic E-state index is 1.67. The van der Waals surface area contributed by atoms with Crippen molar-refractivity contribution in [2.75, 3.05) is 0 Å². The molecule has 3 saturated carbocycles. The molecule has 4 rings (SSSR count). The molecular weight excluding hydrogens is 206 g/mol. The summed E-state index contributed by atoms with van der Waals surface area (Å²) < 4.78 is 1.67. The van der Waals surface area contributed by atoms with Crippen LogP contribution in [0.1, 0.15) is 77.0 Å². The summed E-state index contributed by atoms with van der Waals surface area (Å²) in [6.07, 6.45) is 18.7. The summed E-state index contributed by atoms with van der Waals surface area (Å²) in [5.74, 6) is 0. The zero-order valence-electron chi connectivity index (χ0n) is 11.2. The Kier molecular flexibility index (Phi) is 2.54. The van der Waals surface area contributed by atoms with E-state index in [1.165, 1.54) is 38.5 Å². The van der Waals surface area contributed by atoms with E-state index in [0.717, 1.165) is 24.2 Å². The standard InChI is InChI=1S/C16H28N/c1-3-7-13(8-4-1)17(15-11-12-16(15)17)14-9-5-2-6-10-14/h13-16H,1-12H2/q+1. The number of hydrogen-bond acceptors (Lipinski definition) is 0. The molecule has 2 unspecified atom stereocenters. The van der Waals surface area contributed by atoms with E-state index in [-0.39, 0.29) is 0 Å². The van der Waals surface area contributed by atoms with Gasteiger partial charge < -0.3 is 4.48 Å². The van der Waals surface area contributed by atoms with Crippen molar-refractivity contribution in [3.05, 3.63) is 0 Å². The molecule has 4 fully saturated rings. The summed E-state index contributed by atoms with van der Waals surface area (Å²) in [5.41, 5.74) is 0. The van der Waals surface area contributed by atoms with Crippen molar-refractivity contribution in [2.45, 2.75) is 101 Å². The maximum atomic E-state index is 1.67. The second-order valence-electron chi connectivity index (χ2n) is 7.19. The zero-order valence-corrected chi connectivity index (χ0v) is 11.2. The van der Waals surface area contributed by atoms with Gasteiger partial charge in [0.15, 0.2) is 0 Å². The molecule has 0 radical (unpaired) electrons. The minimum absolute atomic E-state index is 1.10. The molecule has 0 aromatic carbocycles. The number of fused-ring (bicyclic) bond motifs is 1. The lowest BCUT2D eigenvalue weighted by Crippen LogP contribution is -2.49. The Balaban J connectivity index is 1.57. The van der Waals surface area contributed by atoms with Gasteiger partial charge in [-0.25, -0.2) is 0 Å². The topological polar surface area (TPSA) is 0 Å². The van der Waals surface area contributed by atoms with E-state index in [2.05, 4.69) is 0 Å². The van der Waals surface area contributed by atoms with Gasteiger partial charge in [0, 0.05) is 12.8 Å². The molecule has 0 N–H and O–H groups in total. The Morgan fingerprint density at radius 2 is 0.882 bits per heavy atom. The molecule has 1 saturated heterocycles. The molecule has 4 aliphatic rings. The summed E-state index contributed by atoms with van der Waals surface area (Å²) in [7, 11) is 0. The van der Waals surface area contributed by atoms with Crippen LogP contribution in [0, 0.1) is 0 Å². The van der Waals surface area contributed by atoms with Crippen LogP contribution in [0.5, 0.6) is 0 Å². The zero-order chi connectivity index (χ0) is 11.3. The average Bonchev–Trinajstić information content (AvgIpc) is 2.88. The molecule has 1 heteroatoms. The largest absolute Gasteiger partial charge is 0.304 e. The fraction of sp³-hybridized carbons (Fsp3) is 1.00. The number of hydrogen-bond donors (Lipinski definition) is 0. The van der Waals surface area contributed by atoms with E-state index in [4.69, 9.17) is 0 Å². The fourth-order valence-electron chi connectivity index (χ4n) is 5.87. The first-order valence-electron chi connectivity index (χ1n) is 8.32. The van der Waals surface area contributed by atoms with Gasteiger partial charge in [-0.05, 0) is 51.4 Å². The van der Waals surface area contributed by atoms with Crippen LogP contribution in [0.15, 0.2) is 0 Å². The normalized spacial score (nSPS) is 41.6. The Bertz CT molecular complexity index is 256. The number of quaternary nitrogens is 1. The molecule has 17 heavy (non-hydrogen) atoms. The fourth-order valence-corrected chi connectivity index (χ4v) is 5.87. The molecule has 1 aliphatic heterocycles. The van der Waals surface area contributed by atoms with Gasteiger partial charge in [0.2, 0.25) is 0 Å². The number of nitrogens with zero attached hydrogens (tertiary/aromatic N) is 1. The van der Waals surface area contributed by atoms with Crippen molar-refractivity contribution < 1.29 is 4.48 Å². The van der Waals surface area contributed by atoms with Gasteiger partial charge in [-0.15, -0.1) is 0 Å². The van der Waals surface area contributed by atoms with Crippen molar-refractivity contribution in [1.29, 1.82) is 0 Å². The minimum atomic E-state index is 1.10. The summed E-state index contributed by atoms with van der Waals surface area (Å²) in [6.45, 7) is 0. The van der Waals surface area contributed by atoms with Crippen LogP contribution in [-0.4, -0.2) is 28.7 Å². The third-order valence-corrected chi connectivity index (χ3v) is 6.68. The predicted octanol–water partition coefficient (Wildman–Crippen LogP) is 4.01. The molecule has 0 bridgehead atoms. The monoisotopic (exact) mass is 234 g/mol. The van der Waals surface area contributed by atoms with E-state index in [0.29, 0.717) is 0 Å². The van der Waals surface area contributed by atoms with Crippen LogP contribution in [-0.2, 0) is 0 Å². The molecule has 1 heterocycles. The quantitative estimate of drug-likeness (QED) is 0.500. The van der Waals surface area contributed by atoms with Crippen LogP contribution in [0.3, 0.4) is 0 Å². The van der Waals surface area contributed by atoms with Crippen molar-refractivity contribution in [3.63, 3.8) is 0 Å². The highest BCUT2D eigenvalue weighted by atomic mass is 15.6. The van der Waals surface area contributed by atoms with Crippen LogP contribution >= 0.6 is 0 Å². The third kappa shape index (κ3) is 1.41. The van der Waals surface area contributed by atoms with Crippen molar-refractivity contribution in [2.24, 2.45) is 0 Å². The Morgan fingerprint density at radius 3 is 1.24 bits per heavy atom. The SMILES string of the molecule is C1CCC([N+]2(C3CCCCC3)C3CCC32)CC1. The van der Waals surface area contributed by atoms with E-state index >= 15 is 0 Å². The minimum Gasteiger partial charge on any atom is -0.304 e. The van der Waals surface area contributed by atoms with Gasteiger partial charge in [-0.1, -0.05) is 12.8 Å². The molecule has 0 amide bonds. The van der Waals surface area contributed by atoms with Gasteiger partial charge in [0.05, 0.1) is 12.1 Å². The highest BCUT2D eigenvalue weighted by Crippen LogP contribution is 2.61. The van der Waals surface area contributed by atoms with Crippen molar-refractivity contribution >= 4 is 0 Å². The Labute approximate surface area is 106 Å². The Hall–Kier alpha value is -0.0400. The van der Waals surface area contributed by atoms with Gasteiger partial charge in [0.1, 0.15) is 12.1 Å². The lowest BCUT2D eigenvalue weighted by molar-refractivity contribution is -0.875. The van der Waals surface area contributed by atoms with E-state index < -0.39 is 0 Å². The molecular formula is C16H28N+. The first kappa shape index (κ1) is 10.8. The predicted molar refractivity (Wildman–Crippen MR) is 70.8 cm³/mol. The third-order valence-electron chi connectivity index (χ3n) is 6.68. The van der Waals surface area contributed by atoms with E-state index in [9.17, 15) is 0 Å². The number of rotatable bonds is 2. The lowest BCUT2D eigenvalue weighted by atomic mass is 9.88. The van der Waals surface area contributed by atoms with Gasteiger partial charge >= 0.3 is 0 Å². The van der Waals surface area contributed by atoms with E-state index in [1.54, 1.807) is 43.0 Å². The summed E-state index contributed by atoms with van der Waals surface area (Å²) >= 11 is 0. The molecule has 3 aliphatic carbocycles. The molecule has 0 spiro atoms. The second kappa shape index (κ2) is 3.98. The van der Waals surface area contributed by atoms with E-state index in [1.807, 2.05) is 0 Å². The molecule has 0 aromatic rings. The summed E-state index contributed by atoms with van der Waals surface area (Å²) in [5, 5.41) is 0. The van der Waals surface area contributed by atoms with Gasteiger partial charge in [-0.2, -0.15) is 0 Å². The molecule has 2 atom stereocenters. The maximum Gasteiger partial charge on any atom is 0.143 e. The van der Waals surface area contributed by atoms with Gasteiger partial charge in [-0.3, -0.25) is 0 Å². The highest BCUT2D eigenvalue weighted by molar-refractivity contribution is 5.03. The van der Waals surface area contributed by atoms with Crippen LogP contribution < -0.4 is 0 Å². The molecule has 96 valence electrons. The highest BCUT2D eigenvalue weighted by Gasteiger charge is 2.76. The average molecular weight is 234 g/mol. The second-order valence-corrected chi connectivity index (χ2v) is 7.19. The van der Waals surface area contributed by atoms with Crippen LogP contribution in [0.4, 0.5) is 0 Å². The smallest absolute Gasteiger partial charge is 0.143 e. The first-order valence-corrected chi connectivity index (χ1v) is 8.32. The van der Waals surface area contributed by atoms with Crippen LogP contribution in [0.2, 0.25) is 0 Å².